The van der Waals surface area contributed by atoms with Crippen LogP contribution in [0.5, 0.6) is 0 Å². The lowest BCUT2D eigenvalue weighted by molar-refractivity contribution is 0.416. The van der Waals surface area contributed by atoms with Gasteiger partial charge in [-0.1, -0.05) is 13.3 Å². The Hall–Kier alpha value is -0.800. The molecule has 1 heterocycles. The van der Waals surface area contributed by atoms with E-state index in [2.05, 4.69) is 12.2 Å². The normalized spacial score (nSPS) is 12.9. The van der Waals surface area contributed by atoms with Crippen LogP contribution >= 0.6 is 0 Å². The fraction of sp³-hybridized carbons (Fsp3) is 0.692. The van der Waals surface area contributed by atoms with E-state index in [9.17, 15) is 0 Å². The zero-order chi connectivity index (χ0) is 11.6. The Balaban J connectivity index is 1.98. The lowest BCUT2D eigenvalue weighted by Gasteiger charge is -2.13. The molecule has 16 heavy (non-hydrogen) atoms. The molecule has 0 aliphatic carbocycles. The van der Waals surface area contributed by atoms with E-state index in [0.29, 0.717) is 0 Å². The monoisotopic (exact) mass is 224 g/mol. The summed E-state index contributed by atoms with van der Waals surface area (Å²) in [6.45, 7) is 4.96. The summed E-state index contributed by atoms with van der Waals surface area (Å²) in [5.74, 6) is 1.81. The van der Waals surface area contributed by atoms with E-state index in [1.54, 1.807) is 6.26 Å². The Morgan fingerprint density at radius 1 is 1.44 bits per heavy atom. The Kier molecular flexibility index (Phi) is 6.93. The van der Waals surface area contributed by atoms with Crippen LogP contribution in [-0.2, 0) is 6.54 Å². The molecule has 0 saturated carbocycles. The maximum atomic E-state index is 5.57. The number of rotatable bonds is 9. The molecule has 3 nitrogen and oxygen atoms in total. The van der Waals surface area contributed by atoms with E-state index in [1.807, 2.05) is 12.1 Å². The van der Waals surface area contributed by atoms with Crippen molar-refractivity contribution in [3.8, 4) is 0 Å². The highest BCUT2D eigenvalue weighted by atomic mass is 16.3. The van der Waals surface area contributed by atoms with E-state index in [1.165, 1.54) is 19.3 Å². The molecule has 1 rings (SSSR count). The fourth-order valence-corrected chi connectivity index (χ4v) is 1.93. The summed E-state index contributed by atoms with van der Waals surface area (Å²) in [7, 11) is 0. The predicted octanol–water partition coefficient (Wildman–Crippen LogP) is 2.52. The summed E-state index contributed by atoms with van der Waals surface area (Å²) in [6.07, 6.45) is 6.62. The van der Waals surface area contributed by atoms with Crippen molar-refractivity contribution in [3.05, 3.63) is 24.2 Å². The fourth-order valence-electron chi connectivity index (χ4n) is 1.93. The number of hydrogen-bond donors (Lipinski definition) is 2. The Bertz CT molecular complexity index is 246. The molecule has 0 aliphatic heterocycles. The van der Waals surface area contributed by atoms with E-state index >= 15 is 0 Å². The summed E-state index contributed by atoms with van der Waals surface area (Å²) in [5.41, 5.74) is 5.57. The number of nitrogens with two attached hydrogens (primary N) is 1. The largest absolute Gasteiger partial charge is 0.468 e. The Morgan fingerprint density at radius 3 is 2.94 bits per heavy atom. The van der Waals surface area contributed by atoms with Gasteiger partial charge in [0.2, 0.25) is 0 Å². The van der Waals surface area contributed by atoms with Crippen molar-refractivity contribution < 1.29 is 4.42 Å². The second kappa shape index (κ2) is 8.36. The molecule has 0 fully saturated rings. The van der Waals surface area contributed by atoms with Gasteiger partial charge in [-0.05, 0) is 50.4 Å². The van der Waals surface area contributed by atoms with Crippen molar-refractivity contribution in [2.75, 3.05) is 13.1 Å². The van der Waals surface area contributed by atoms with Gasteiger partial charge in [-0.25, -0.2) is 0 Å². The molecule has 0 bridgehead atoms. The van der Waals surface area contributed by atoms with Gasteiger partial charge in [0, 0.05) is 0 Å². The van der Waals surface area contributed by atoms with E-state index in [4.69, 9.17) is 10.2 Å². The molecular weight excluding hydrogens is 200 g/mol. The molecule has 0 radical (unpaired) electrons. The van der Waals surface area contributed by atoms with Crippen LogP contribution in [0.1, 0.15) is 38.4 Å². The van der Waals surface area contributed by atoms with Gasteiger partial charge in [0.25, 0.3) is 0 Å². The molecule has 1 aromatic heterocycles. The third-order valence-corrected chi connectivity index (χ3v) is 3.00. The molecule has 3 heteroatoms. The van der Waals surface area contributed by atoms with Gasteiger partial charge < -0.3 is 15.5 Å². The first-order chi connectivity index (χ1) is 7.86. The summed E-state index contributed by atoms with van der Waals surface area (Å²) in [4.78, 5) is 0. The zero-order valence-electron chi connectivity index (χ0n) is 10.2. The predicted molar refractivity (Wildman–Crippen MR) is 67.1 cm³/mol. The minimum absolute atomic E-state index is 0.801. The van der Waals surface area contributed by atoms with Gasteiger partial charge in [0.15, 0.2) is 0 Å². The highest BCUT2D eigenvalue weighted by molar-refractivity contribution is 4.97. The van der Waals surface area contributed by atoms with Gasteiger partial charge >= 0.3 is 0 Å². The van der Waals surface area contributed by atoms with Crippen LogP contribution in [0.15, 0.2) is 22.8 Å². The number of furan rings is 1. The summed E-state index contributed by atoms with van der Waals surface area (Å²) in [6, 6.07) is 3.92. The molecule has 0 spiro atoms. The van der Waals surface area contributed by atoms with Crippen LogP contribution in [0.2, 0.25) is 0 Å². The molecule has 0 saturated heterocycles. The highest BCUT2D eigenvalue weighted by Crippen LogP contribution is 2.13. The van der Waals surface area contributed by atoms with Gasteiger partial charge in [-0.3, -0.25) is 0 Å². The van der Waals surface area contributed by atoms with Gasteiger partial charge in [-0.2, -0.15) is 0 Å². The van der Waals surface area contributed by atoms with Gasteiger partial charge in [0.1, 0.15) is 5.76 Å². The molecule has 1 unspecified atom stereocenters. The molecule has 0 aliphatic rings. The molecule has 1 atom stereocenters. The molecule has 92 valence electrons. The summed E-state index contributed by atoms with van der Waals surface area (Å²) in [5, 5.41) is 3.38. The van der Waals surface area contributed by atoms with E-state index in [-0.39, 0.29) is 0 Å². The highest BCUT2D eigenvalue weighted by Gasteiger charge is 2.04. The van der Waals surface area contributed by atoms with Crippen molar-refractivity contribution >= 4 is 0 Å². The lowest BCUT2D eigenvalue weighted by Crippen LogP contribution is -2.16. The number of nitrogens with one attached hydrogen (secondary N) is 1. The molecule has 1 aromatic rings. The van der Waals surface area contributed by atoms with Crippen molar-refractivity contribution in [1.29, 1.82) is 0 Å². The average Bonchev–Trinajstić information content (AvgIpc) is 2.80. The Morgan fingerprint density at radius 2 is 2.31 bits per heavy atom. The zero-order valence-corrected chi connectivity index (χ0v) is 10.2. The maximum absolute atomic E-state index is 5.57. The third-order valence-electron chi connectivity index (χ3n) is 3.00. The summed E-state index contributed by atoms with van der Waals surface area (Å²) < 4.78 is 5.24. The third kappa shape index (κ3) is 5.33. The SMILES string of the molecule is CCC(CCN)CCCNCc1ccco1. The van der Waals surface area contributed by atoms with Crippen molar-refractivity contribution in [2.24, 2.45) is 11.7 Å². The smallest absolute Gasteiger partial charge is 0.117 e. The first-order valence-electron chi connectivity index (χ1n) is 6.30. The molecular formula is C13H24N2O. The topological polar surface area (TPSA) is 51.2 Å². The first-order valence-corrected chi connectivity index (χ1v) is 6.30. The van der Waals surface area contributed by atoms with E-state index < -0.39 is 0 Å². The maximum Gasteiger partial charge on any atom is 0.117 e. The van der Waals surface area contributed by atoms with Crippen molar-refractivity contribution in [1.82, 2.24) is 5.32 Å². The van der Waals surface area contributed by atoms with Crippen LogP contribution in [-0.4, -0.2) is 13.1 Å². The van der Waals surface area contributed by atoms with Crippen molar-refractivity contribution in [2.45, 2.75) is 39.2 Å². The van der Waals surface area contributed by atoms with Crippen molar-refractivity contribution in [3.63, 3.8) is 0 Å². The number of hydrogen-bond acceptors (Lipinski definition) is 3. The van der Waals surface area contributed by atoms with Gasteiger partial charge in [-0.15, -0.1) is 0 Å². The summed E-state index contributed by atoms with van der Waals surface area (Å²) >= 11 is 0. The Labute approximate surface area is 98.4 Å². The lowest BCUT2D eigenvalue weighted by atomic mass is 9.97. The minimum atomic E-state index is 0.801. The van der Waals surface area contributed by atoms with Crippen LogP contribution in [0, 0.1) is 5.92 Å². The van der Waals surface area contributed by atoms with E-state index in [0.717, 1.165) is 37.7 Å². The van der Waals surface area contributed by atoms with Crippen LogP contribution in [0.4, 0.5) is 0 Å². The standard InChI is InChI=1S/C13H24N2O/c1-2-12(7-8-14)5-3-9-15-11-13-6-4-10-16-13/h4,6,10,12,15H,2-3,5,7-9,11,14H2,1H3. The van der Waals surface area contributed by atoms with Crippen LogP contribution < -0.4 is 11.1 Å². The quantitative estimate of drug-likeness (QED) is 0.634. The first kappa shape index (κ1) is 13.3. The average molecular weight is 224 g/mol. The van der Waals surface area contributed by atoms with Crippen LogP contribution in [0.3, 0.4) is 0 Å². The van der Waals surface area contributed by atoms with Gasteiger partial charge in [0.05, 0.1) is 12.8 Å². The second-order valence-electron chi connectivity index (χ2n) is 4.25. The minimum Gasteiger partial charge on any atom is -0.468 e. The molecule has 0 aromatic carbocycles. The molecule has 3 N–H and O–H groups in total. The molecule has 0 amide bonds. The van der Waals surface area contributed by atoms with Crippen LogP contribution in [0.25, 0.3) is 0 Å². The second-order valence-corrected chi connectivity index (χ2v) is 4.25.